The van der Waals surface area contributed by atoms with Crippen LogP contribution in [-0.2, 0) is 32.6 Å². The van der Waals surface area contributed by atoms with Crippen LogP contribution in [0.3, 0.4) is 0 Å². The van der Waals surface area contributed by atoms with Gasteiger partial charge in [-0.05, 0) is 101 Å². The second kappa shape index (κ2) is 17.7. The van der Waals surface area contributed by atoms with E-state index in [1.165, 1.54) is 26.2 Å². The van der Waals surface area contributed by atoms with E-state index in [4.69, 9.17) is 5.73 Å². The van der Waals surface area contributed by atoms with Crippen molar-refractivity contribution in [1.82, 2.24) is 14.5 Å². The fourth-order valence-corrected chi connectivity index (χ4v) is 8.09. The summed E-state index contributed by atoms with van der Waals surface area (Å²) in [5, 5.41) is 15.4. The SMILES string of the molecule is CCCN(CCC)C(=O)C1=CC(C(N)=O)([C@H](Cc2ccccc2)[C@@H](O)CNCc2cccc(I)c2)CC(c2ccc(S(=O)(=O)N(C)C)cc2)=C1. The van der Waals surface area contributed by atoms with E-state index in [9.17, 15) is 23.1 Å². The zero-order valence-electron chi connectivity index (χ0n) is 29.3. The molecule has 2 amide bonds. The van der Waals surface area contributed by atoms with Crippen LogP contribution in [-0.4, -0.2) is 74.4 Å². The fourth-order valence-electron chi connectivity index (χ4n) is 6.58. The maximum atomic E-state index is 14.2. The number of aliphatic hydroxyl groups is 1. The Morgan fingerprint density at radius 3 is 2.18 bits per heavy atom. The Morgan fingerprint density at radius 2 is 1.60 bits per heavy atom. The molecule has 0 fully saturated rings. The molecule has 0 spiro atoms. The smallest absolute Gasteiger partial charge is 0.253 e. The Hall–Kier alpha value is -3.36. The number of benzene rings is 3. The molecule has 0 aliphatic heterocycles. The molecule has 0 bridgehead atoms. The summed E-state index contributed by atoms with van der Waals surface area (Å²) in [6, 6.07) is 24.2. The van der Waals surface area contributed by atoms with Crippen LogP contribution in [0.2, 0.25) is 0 Å². The third-order valence-corrected chi connectivity index (χ3v) is 11.7. The third kappa shape index (κ3) is 9.49. The van der Waals surface area contributed by atoms with Crippen molar-refractivity contribution in [2.24, 2.45) is 17.1 Å². The number of hydrogen-bond donors (Lipinski definition) is 3. The van der Waals surface area contributed by atoms with Crippen LogP contribution in [0.25, 0.3) is 5.57 Å². The van der Waals surface area contributed by atoms with Crippen molar-refractivity contribution in [3.05, 3.63) is 117 Å². The minimum atomic E-state index is -3.67. The maximum absolute atomic E-state index is 14.2. The second-order valence-electron chi connectivity index (χ2n) is 13.1. The number of nitrogens with zero attached hydrogens (tertiary/aromatic N) is 2. The van der Waals surface area contributed by atoms with Gasteiger partial charge >= 0.3 is 0 Å². The molecule has 3 aromatic rings. The van der Waals surface area contributed by atoms with E-state index >= 15 is 0 Å². The van der Waals surface area contributed by atoms with Gasteiger partial charge in [0.2, 0.25) is 15.9 Å². The van der Waals surface area contributed by atoms with Gasteiger partial charge in [-0.1, -0.05) is 74.5 Å². The molecule has 3 atom stereocenters. The zero-order valence-corrected chi connectivity index (χ0v) is 32.3. The van der Waals surface area contributed by atoms with Crippen molar-refractivity contribution >= 4 is 50.0 Å². The lowest BCUT2D eigenvalue weighted by atomic mass is 9.62. The predicted octanol–water partition coefficient (Wildman–Crippen LogP) is 5.38. The van der Waals surface area contributed by atoms with Gasteiger partial charge in [0.25, 0.3) is 5.91 Å². The summed E-state index contributed by atoms with van der Waals surface area (Å²) in [4.78, 5) is 30.1. The van der Waals surface area contributed by atoms with Crippen LogP contribution < -0.4 is 11.1 Å². The molecule has 50 heavy (non-hydrogen) atoms. The maximum Gasteiger partial charge on any atom is 0.253 e. The Bertz CT molecular complexity index is 1790. The first-order valence-corrected chi connectivity index (χ1v) is 19.6. The highest BCUT2D eigenvalue weighted by atomic mass is 127. The van der Waals surface area contributed by atoms with Gasteiger partial charge in [-0.3, -0.25) is 9.59 Å². The molecule has 1 unspecified atom stereocenters. The summed E-state index contributed by atoms with van der Waals surface area (Å²) >= 11 is 2.27. The number of allylic oxidation sites excluding steroid dienone is 1. The molecule has 11 heteroatoms. The van der Waals surface area contributed by atoms with Crippen LogP contribution in [0.4, 0.5) is 0 Å². The van der Waals surface area contributed by atoms with E-state index in [1.54, 1.807) is 29.2 Å². The average Bonchev–Trinajstić information content (AvgIpc) is 3.10. The number of nitrogens with one attached hydrogen (secondary N) is 1. The van der Waals surface area contributed by atoms with Crippen molar-refractivity contribution < 1.29 is 23.1 Å². The molecule has 0 aromatic heterocycles. The van der Waals surface area contributed by atoms with Crippen LogP contribution in [0.15, 0.2) is 101 Å². The molecule has 3 aromatic carbocycles. The molecule has 4 N–H and O–H groups in total. The third-order valence-electron chi connectivity index (χ3n) is 9.21. The monoisotopic (exact) mass is 812 g/mol. The predicted molar refractivity (Wildman–Crippen MR) is 207 cm³/mol. The van der Waals surface area contributed by atoms with Gasteiger partial charge in [-0.2, -0.15) is 0 Å². The lowest BCUT2D eigenvalue weighted by molar-refractivity contribution is -0.130. The molecule has 9 nitrogen and oxygen atoms in total. The highest BCUT2D eigenvalue weighted by molar-refractivity contribution is 14.1. The largest absolute Gasteiger partial charge is 0.391 e. The number of carbonyl (C=O) groups is 2. The number of rotatable bonds is 17. The first-order valence-electron chi connectivity index (χ1n) is 17.0. The van der Waals surface area contributed by atoms with Crippen molar-refractivity contribution in [2.45, 2.75) is 57.1 Å². The van der Waals surface area contributed by atoms with Crippen molar-refractivity contribution in [3.63, 3.8) is 0 Å². The summed E-state index contributed by atoms with van der Waals surface area (Å²) < 4.78 is 27.9. The summed E-state index contributed by atoms with van der Waals surface area (Å²) in [6.45, 7) is 5.82. The molecule has 4 rings (SSSR count). The van der Waals surface area contributed by atoms with Gasteiger partial charge in [0.05, 0.1) is 16.4 Å². The van der Waals surface area contributed by atoms with Crippen LogP contribution in [0.1, 0.15) is 49.8 Å². The number of amides is 2. The van der Waals surface area contributed by atoms with Crippen molar-refractivity contribution in [2.75, 3.05) is 33.7 Å². The Labute approximate surface area is 310 Å². The van der Waals surface area contributed by atoms with E-state index in [-0.39, 0.29) is 23.8 Å². The van der Waals surface area contributed by atoms with E-state index < -0.39 is 33.4 Å². The minimum Gasteiger partial charge on any atom is -0.391 e. The van der Waals surface area contributed by atoms with E-state index in [0.717, 1.165) is 31.8 Å². The number of carbonyl (C=O) groups excluding carboxylic acids is 2. The van der Waals surface area contributed by atoms with Crippen LogP contribution >= 0.6 is 22.6 Å². The van der Waals surface area contributed by atoms with Crippen molar-refractivity contribution in [1.29, 1.82) is 0 Å². The number of nitrogens with two attached hydrogens (primary N) is 1. The number of primary amides is 1. The van der Waals surface area contributed by atoms with Crippen LogP contribution in [0, 0.1) is 14.9 Å². The Balaban J connectivity index is 1.83. The fraction of sp³-hybridized carbons (Fsp3) is 0.385. The molecule has 268 valence electrons. The van der Waals surface area contributed by atoms with Gasteiger partial charge in [0.15, 0.2) is 0 Å². The number of sulfonamides is 1. The van der Waals surface area contributed by atoms with E-state index in [2.05, 4.69) is 34.0 Å². The quantitative estimate of drug-likeness (QED) is 0.157. The molecule has 0 saturated heterocycles. The van der Waals surface area contributed by atoms with Gasteiger partial charge < -0.3 is 21.1 Å². The highest BCUT2D eigenvalue weighted by Gasteiger charge is 2.48. The summed E-state index contributed by atoms with van der Waals surface area (Å²) in [5.74, 6) is -1.57. The highest BCUT2D eigenvalue weighted by Crippen LogP contribution is 2.47. The Morgan fingerprint density at radius 1 is 0.960 bits per heavy atom. The molecule has 1 aliphatic rings. The Kier molecular flexibility index (Phi) is 14.0. The summed E-state index contributed by atoms with van der Waals surface area (Å²) in [6.07, 6.45) is 4.44. The van der Waals surface area contributed by atoms with Gasteiger partial charge in [0.1, 0.15) is 0 Å². The van der Waals surface area contributed by atoms with Gasteiger partial charge in [-0.25, -0.2) is 12.7 Å². The molecule has 0 heterocycles. The van der Waals surface area contributed by atoms with Crippen molar-refractivity contribution in [3.8, 4) is 0 Å². The first kappa shape index (κ1) is 39.4. The molecular formula is C39H49IN4O5S. The second-order valence-corrected chi connectivity index (χ2v) is 16.5. The molecule has 0 saturated carbocycles. The first-order chi connectivity index (χ1) is 23.8. The standard InChI is InChI=1S/C39H49IN4O5S/c1-5-19-44(20-6-2)37(46)32-23-31(30-15-17-34(18-16-30)50(48,49)43(3)4)24-39(25-32,38(41)47)35(22-28-11-8-7-9-12-28)36(45)27-42-26-29-13-10-14-33(40)21-29/h7-18,21,23,25,35-36,42,45H,5-6,19-20,22,24,26-27H2,1-4H3,(H2,41,47)/t35-,36+,39?/m1/s1. The average molecular weight is 813 g/mol. The number of aliphatic hydroxyl groups excluding tert-OH is 1. The molecular weight excluding hydrogens is 763 g/mol. The van der Waals surface area contributed by atoms with E-state index in [1.807, 2.05) is 62.4 Å². The minimum absolute atomic E-state index is 0.117. The van der Waals surface area contributed by atoms with Crippen LogP contribution in [0.5, 0.6) is 0 Å². The number of halogens is 1. The lowest BCUT2D eigenvalue weighted by Gasteiger charge is -2.42. The lowest BCUT2D eigenvalue weighted by Crippen LogP contribution is -2.51. The molecule has 0 radical (unpaired) electrons. The summed E-state index contributed by atoms with van der Waals surface area (Å²) in [5.41, 5.74) is 8.57. The van der Waals surface area contributed by atoms with Gasteiger partial charge in [0, 0.05) is 55.3 Å². The number of hydrogen-bond acceptors (Lipinski definition) is 6. The summed E-state index contributed by atoms with van der Waals surface area (Å²) in [7, 11) is -0.722. The van der Waals surface area contributed by atoms with Gasteiger partial charge in [-0.15, -0.1) is 0 Å². The zero-order chi connectivity index (χ0) is 36.5. The normalized spacial score (nSPS) is 17.5. The van der Waals surface area contributed by atoms with E-state index in [0.29, 0.717) is 42.8 Å². The topological polar surface area (TPSA) is 133 Å². The molecule has 1 aliphatic carbocycles.